The summed E-state index contributed by atoms with van der Waals surface area (Å²) >= 11 is 0. The average molecular weight is 403 g/mol. The van der Waals surface area contributed by atoms with Crippen molar-refractivity contribution in [1.29, 1.82) is 0 Å². The van der Waals surface area contributed by atoms with Gasteiger partial charge >= 0.3 is 0 Å². The third-order valence-corrected chi connectivity index (χ3v) is 6.48. The Morgan fingerprint density at radius 3 is 2.61 bits per heavy atom. The lowest BCUT2D eigenvalue weighted by atomic mass is 10.0. The second-order valence-electron chi connectivity index (χ2n) is 6.61. The molecule has 2 heterocycles. The number of carbonyl (C=O) groups excluding carboxylic acids is 2. The number of terminal acetylenes is 1. The van der Waals surface area contributed by atoms with E-state index in [4.69, 9.17) is 6.42 Å². The number of hydrogen-bond acceptors (Lipinski definition) is 6. The molecule has 0 bridgehead atoms. The summed E-state index contributed by atoms with van der Waals surface area (Å²) in [6.45, 7) is 0.676. The Bertz CT molecular complexity index is 928. The van der Waals surface area contributed by atoms with E-state index in [1.165, 1.54) is 24.3 Å². The van der Waals surface area contributed by atoms with Gasteiger partial charge < -0.3 is 10.6 Å². The summed E-state index contributed by atoms with van der Waals surface area (Å²) in [7, 11) is -3.77. The first-order valence-electron chi connectivity index (χ1n) is 8.89. The van der Waals surface area contributed by atoms with Crippen LogP contribution >= 0.6 is 0 Å². The Morgan fingerprint density at radius 1 is 1.29 bits per heavy atom. The summed E-state index contributed by atoms with van der Waals surface area (Å²) in [4.78, 5) is 23.7. The molecule has 10 heteroatoms. The van der Waals surface area contributed by atoms with Gasteiger partial charge in [0.15, 0.2) is 5.66 Å². The Kier molecular flexibility index (Phi) is 5.76. The van der Waals surface area contributed by atoms with Gasteiger partial charge in [-0.05, 0) is 24.3 Å². The first-order valence-corrected chi connectivity index (χ1v) is 10.3. The van der Waals surface area contributed by atoms with Crippen LogP contribution in [0.3, 0.4) is 0 Å². The van der Waals surface area contributed by atoms with E-state index in [-0.39, 0.29) is 36.3 Å². The highest BCUT2D eigenvalue weighted by atomic mass is 32.2. The zero-order valence-electron chi connectivity index (χ0n) is 15.2. The number of amides is 2. The lowest BCUT2D eigenvalue weighted by Crippen LogP contribution is -2.49. The first kappa shape index (κ1) is 20.0. The summed E-state index contributed by atoms with van der Waals surface area (Å²) in [5.41, 5.74) is -0.115. The van der Waals surface area contributed by atoms with Crippen molar-refractivity contribution in [2.45, 2.75) is 29.8 Å². The zero-order valence-corrected chi connectivity index (χ0v) is 16.0. The predicted molar refractivity (Wildman–Crippen MR) is 101 cm³/mol. The second-order valence-corrected chi connectivity index (χ2v) is 8.54. The van der Waals surface area contributed by atoms with Gasteiger partial charge in [0.25, 0.3) is 5.91 Å². The zero-order chi connectivity index (χ0) is 20.2. The maximum Gasteiger partial charge on any atom is 0.251 e. The quantitative estimate of drug-likeness (QED) is 0.614. The highest BCUT2D eigenvalue weighted by Crippen LogP contribution is 2.36. The lowest BCUT2D eigenvalue weighted by molar-refractivity contribution is -0.122. The van der Waals surface area contributed by atoms with Crippen molar-refractivity contribution in [2.24, 2.45) is 10.2 Å². The lowest BCUT2D eigenvalue weighted by Gasteiger charge is -2.25. The molecule has 2 aliphatic rings. The summed E-state index contributed by atoms with van der Waals surface area (Å²) < 4.78 is 26.3. The molecule has 0 radical (unpaired) electrons. The number of hydrogen-bond donors (Lipinski definition) is 2. The minimum Gasteiger partial charge on any atom is -0.354 e. The van der Waals surface area contributed by atoms with Crippen molar-refractivity contribution >= 4 is 21.8 Å². The Hall–Kier alpha value is -2.77. The van der Waals surface area contributed by atoms with E-state index in [0.29, 0.717) is 31.4 Å². The fourth-order valence-electron chi connectivity index (χ4n) is 2.89. The third kappa shape index (κ3) is 4.55. The molecule has 0 aromatic heterocycles. The smallest absolute Gasteiger partial charge is 0.251 e. The van der Waals surface area contributed by atoms with E-state index in [0.717, 1.165) is 4.31 Å². The summed E-state index contributed by atoms with van der Waals surface area (Å²) in [5, 5.41) is 13.4. The van der Waals surface area contributed by atoms with Crippen LogP contribution in [0.1, 0.15) is 29.6 Å². The molecule has 1 aromatic rings. The van der Waals surface area contributed by atoms with Crippen LogP contribution in [0.4, 0.5) is 0 Å². The van der Waals surface area contributed by atoms with Gasteiger partial charge in [-0.1, -0.05) is 0 Å². The molecule has 1 fully saturated rings. The van der Waals surface area contributed by atoms with Crippen LogP contribution in [0.15, 0.2) is 39.4 Å². The highest BCUT2D eigenvalue weighted by Gasteiger charge is 2.38. The van der Waals surface area contributed by atoms with Gasteiger partial charge in [0.05, 0.1) is 11.4 Å². The molecular formula is C18H21N5O4S. The number of nitrogens with one attached hydrogen (secondary N) is 2. The third-order valence-electron chi connectivity index (χ3n) is 4.62. The van der Waals surface area contributed by atoms with Crippen molar-refractivity contribution in [3.8, 4) is 12.3 Å². The standard InChI is InChI=1S/C18H21N5O4S/c1-2-3-8-18(21-22-18)9-10-20-17(25)14-4-6-15(7-5-14)28(26,27)23-12-11-19-16(24)13-23/h1,4-7H,3,8-13H2,(H,19,24)(H,20,25). The van der Waals surface area contributed by atoms with Crippen molar-refractivity contribution in [3.05, 3.63) is 29.8 Å². The normalized spacial score (nSPS) is 18.2. The molecule has 0 aliphatic carbocycles. The van der Waals surface area contributed by atoms with Crippen LogP contribution in [0.5, 0.6) is 0 Å². The van der Waals surface area contributed by atoms with Gasteiger partial charge in [0.1, 0.15) is 0 Å². The van der Waals surface area contributed by atoms with E-state index in [1.807, 2.05) is 0 Å². The molecule has 2 amide bonds. The molecule has 1 aromatic carbocycles. The van der Waals surface area contributed by atoms with Crippen LogP contribution in [-0.4, -0.2) is 56.4 Å². The number of carbonyl (C=O) groups is 2. The molecule has 0 spiro atoms. The Labute approximate surface area is 163 Å². The molecule has 148 valence electrons. The van der Waals surface area contributed by atoms with Gasteiger partial charge in [-0.3, -0.25) is 9.59 Å². The van der Waals surface area contributed by atoms with Crippen molar-refractivity contribution < 1.29 is 18.0 Å². The van der Waals surface area contributed by atoms with Gasteiger partial charge in [0, 0.05) is 44.5 Å². The Morgan fingerprint density at radius 2 is 2.00 bits per heavy atom. The molecular weight excluding hydrogens is 382 g/mol. The van der Waals surface area contributed by atoms with Gasteiger partial charge in [-0.2, -0.15) is 14.5 Å². The largest absolute Gasteiger partial charge is 0.354 e. The first-order chi connectivity index (χ1) is 13.4. The van der Waals surface area contributed by atoms with E-state index >= 15 is 0 Å². The van der Waals surface area contributed by atoms with Crippen LogP contribution in [0.2, 0.25) is 0 Å². The van der Waals surface area contributed by atoms with E-state index in [1.54, 1.807) is 0 Å². The number of sulfonamides is 1. The number of benzene rings is 1. The molecule has 0 unspecified atom stereocenters. The molecule has 0 atom stereocenters. The number of rotatable bonds is 8. The molecule has 3 rings (SSSR count). The summed E-state index contributed by atoms with van der Waals surface area (Å²) in [6, 6.07) is 5.64. The van der Waals surface area contributed by atoms with Crippen LogP contribution in [0.25, 0.3) is 0 Å². The van der Waals surface area contributed by atoms with Gasteiger partial charge in [-0.15, -0.1) is 12.3 Å². The van der Waals surface area contributed by atoms with Gasteiger partial charge in [0.2, 0.25) is 15.9 Å². The molecule has 2 aliphatic heterocycles. The minimum atomic E-state index is -3.77. The number of nitrogens with zero attached hydrogens (tertiary/aromatic N) is 3. The monoisotopic (exact) mass is 403 g/mol. The fourth-order valence-corrected chi connectivity index (χ4v) is 4.29. The van der Waals surface area contributed by atoms with E-state index in [2.05, 4.69) is 26.8 Å². The van der Waals surface area contributed by atoms with Crippen LogP contribution in [0, 0.1) is 12.3 Å². The topological polar surface area (TPSA) is 120 Å². The van der Waals surface area contributed by atoms with Gasteiger partial charge in [-0.25, -0.2) is 8.42 Å². The maximum atomic E-state index is 12.6. The van der Waals surface area contributed by atoms with Crippen molar-refractivity contribution in [2.75, 3.05) is 26.2 Å². The summed E-state index contributed by atoms with van der Waals surface area (Å²) in [6.07, 6.45) is 7.06. The molecule has 9 nitrogen and oxygen atoms in total. The molecule has 2 N–H and O–H groups in total. The maximum absolute atomic E-state index is 12.6. The molecule has 1 saturated heterocycles. The van der Waals surface area contributed by atoms with Crippen molar-refractivity contribution in [1.82, 2.24) is 14.9 Å². The van der Waals surface area contributed by atoms with E-state index < -0.39 is 15.7 Å². The predicted octanol–water partition coefficient (Wildman–Crippen LogP) is 0.503. The average Bonchev–Trinajstić information content (AvgIpc) is 3.46. The second kappa shape index (κ2) is 8.08. The minimum absolute atomic E-state index is 0.0440. The highest BCUT2D eigenvalue weighted by molar-refractivity contribution is 7.89. The van der Waals surface area contributed by atoms with Crippen molar-refractivity contribution in [3.63, 3.8) is 0 Å². The van der Waals surface area contributed by atoms with E-state index in [9.17, 15) is 18.0 Å². The molecule has 0 saturated carbocycles. The molecule has 28 heavy (non-hydrogen) atoms. The number of piperazine rings is 1. The SMILES string of the molecule is C#CCCC1(CCNC(=O)c2ccc(S(=O)(=O)N3CCNC(=O)C3)cc2)N=N1. The fraction of sp³-hybridized carbons (Fsp3) is 0.444. The summed E-state index contributed by atoms with van der Waals surface area (Å²) in [5.74, 6) is 1.91. The Balaban J connectivity index is 1.55. The van der Waals surface area contributed by atoms with Crippen LogP contribution < -0.4 is 10.6 Å². The van der Waals surface area contributed by atoms with Crippen LogP contribution in [-0.2, 0) is 14.8 Å².